The molecule has 0 aromatic carbocycles. The summed E-state index contributed by atoms with van der Waals surface area (Å²) in [5.74, 6) is 0. The van der Waals surface area contributed by atoms with Gasteiger partial charge in [0.25, 0.3) is 0 Å². The van der Waals surface area contributed by atoms with Gasteiger partial charge in [-0.1, -0.05) is 11.3 Å². The number of nitrogens with two attached hydrogens (primary N) is 1. The standard InChI is InChI=1S/C6H10N2O2S/c7-3-5-8-4-6(11-5)10-2-1-9/h4,9H,1-3,7H2. The highest BCUT2D eigenvalue weighted by Crippen LogP contribution is 2.20. The molecule has 0 aliphatic rings. The van der Waals surface area contributed by atoms with E-state index >= 15 is 0 Å². The SMILES string of the molecule is NCc1ncc(OCCO)s1. The first-order chi connectivity index (χ1) is 5.36. The molecule has 0 aliphatic heterocycles. The normalized spacial score (nSPS) is 10.0. The van der Waals surface area contributed by atoms with Crippen LogP contribution in [0, 0.1) is 0 Å². The first-order valence-electron chi connectivity index (χ1n) is 3.25. The number of hydrogen-bond donors (Lipinski definition) is 2. The average molecular weight is 174 g/mol. The Labute approximate surface area is 68.6 Å². The van der Waals surface area contributed by atoms with Gasteiger partial charge < -0.3 is 15.6 Å². The van der Waals surface area contributed by atoms with E-state index < -0.39 is 0 Å². The molecule has 1 heterocycles. The summed E-state index contributed by atoms with van der Waals surface area (Å²) in [7, 11) is 0. The van der Waals surface area contributed by atoms with E-state index in [1.807, 2.05) is 0 Å². The predicted octanol–water partition coefficient (Wildman–Crippen LogP) is -0.0271. The van der Waals surface area contributed by atoms with Crippen LogP contribution in [-0.2, 0) is 6.54 Å². The van der Waals surface area contributed by atoms with Gasteiger partial charge in [-0.2, -0.15) is 0 Å². The molecule has 4 nitrogen and oxygen atoms in total. The van der Waals surface area contributed by atoms with Crippen molar-refractivity contribution in [2.75, 3.05) is 13.2 Å². The van der Waals surface area contributed by atoms with Crippen LogP contribution in [0.5, 0.6) is 5.06 Å². The van der Waals surface area contributed by atoms with E-state index in [9.17, 15) is 0 Å². The minimum atomic E-state index is 0.0237. The fourth-order valence-electron chi connectivity index (χ4n) is 0.601. The van der Waals surface area contributed by atoms with Gasteiger partial charge in [-0.3, -0.25) is 0 Å². The summed E-state index contributed by atoms with van der Waals surface area (Å²) in [6.07, 6.45) is 1.61. The van der Waals surface area contributed by atoms with E-state index in [1.165, 1.54) is 11.3 Å². The van der Waals surface area contributed by atoms with Gasteiger partial charge in [-0.25, -0.2) is 4.98 Å². The summed E-state index contributed by atoms with van der Waals surface area (Å²) in [4.78, 5) is 3.97. The van der Waals surface area contributed by atoms with Crippen LogP contribution in [0.3, 0.4) is 0 Å². The molecule has 5 heteroatoms. The predicted molar refractivity (Wildman–Crippen MR) is 42.6 cm³/mol. The second-order valence-electron chi connectivity index (χ2n) is 1.85. The van der Waals surface area contributed by atoms with Gasteiger partial charge in [-0.15, -0.1) is 0 Å². The summed E-state index contributed by atoms with van der Waals surface area (Å²) in [5, 5.41) is 9.98. The second-order valence-corrected chi connectivity index (χ2v) is 2.93. The van der Waals surface area contributed by atoms with Crippen molar-refractivity contribution in [2.45, 2.75) is 6.54 Å². The van der Waals surface area contributed by atoms with Crippen LogP contribution in [-0.4, -0.2) is 23.3 Å². The van der Waals surface area contributed by atoms with Crippen LogP contribution in [0.15, 0.2) is 6.20 Å². The van der Waals surface area contributed by atoms with Crippen molar-refractivity contribution in [1.82, 2.24) is 4.98 Å². The molecule has 1 aromatic heterocycles. The molecule has 0 aliphatic carbocycles. The van der Waals surface area contributed by atoms with Gasteiger partial charge in [0, 0.05) is 6.54 Å². The summed E-state index contributed by atoms with van der Waals surface area (Å²) in [5.41, 5.74) is 5.33. The molecule has 0 unspecified atom stereocenters. The van der Waals surface area contributed by atoms with Crippen molar-refractivity contribution < 1.29 is 9.84 Å². The van der Waals surface area contributed by atoms with Gasteiger partial charge >= 0.3 is 0 Å². The maximum absolute atomic E-state index is 8.43. The van der Waals surface area contributed by atoms with E-state index in [4.69, 9.17) is 15.6 Å². The first-order valence-corrected chi connectivity index (χ1v) is 4.07. The molecule has 0 atom stereocenters. The van der Waals surface area contributed by atoms with Gasteiger partial charge in [0.15, 0.2) is 5.06 Å². The van der Waals surface area contributed by atoms with Crippen molar-refractivity contribution in [1.29, 1.82) is 0 Å². The molecular weight excluding hydrogens is 164 g/mol. The molecule has 1 rings (SSSR count). The van der Waals surface area contributed by atoms with Crippen molar-refractivity contribution in [2.24, 2.45) is 5.73 Å². The van der Waals surface area contributed by atoms with Crippen LogP contribution in [0.25, 0.3) is 0 Å². The van der Waals surface area contributed by atoms with Crippen LogP contribution >= 0.6 is 11.3 Å². The Kier molecular flexibility index (Phi) is 3.28. The Bertz CT molecular complexity index is 214. The fourth-order valence-corrected chi connectivity index (χ4v) is 1.27. The Morgan fingerprint density at radius 1 is 1.73 bits per heavy atom. The molecule has 3 N–H and O–H groups in total. The zero-order chi connectivity index (χ0) is 8.10. The molecular formula is C6H10N2O2S. The lowest BCUT2D eigenvalue weighted by Crippen LogP contribution is -1.99. The first kappa shape index (κ1) is 8.45. The average Bonchev–Trinajstić information content (AvgIpc) is 2.48. The lowest BCUT2D eigenvalue weighted by atomic mass is 10.7. The van der Waals surface area contributed by atoms with E-state index in [2.05, 4.69) is 4.98 Å². The number of aliphatic hydroxyl groups excluding tert-OH is 1. The minimum Gasteiger partial charge on any atom is -0.480 e. The van der Waals surface area contributed by atoms with Crippen molar-refractivity contribution in [3.8, 4) is 5.06 Å². The molecule has 0 saturated carbocycles. The summed E-state index contributed by atoms with van der Waals surface area (Å²) in [6.45, 7) is 0.773. The molecule has 0 fully saturated rings. The monoisotopic (exact) mass is 174 g/mol. The van der Waals surface area contributed by atoms with Gasteiger partial charge in [-0.05, 0) is 0 Å². The van der Waals surface area contributed by atoms with Crippen molar-refractivity contribution in [3.63, 3.8) is 0 Å². The van der Waals surface area contributed by atoms with E-state index in [1.54, 1.807) is 6.20 Å². The van der Waals surface area contributed by atoms with Crippen molar-refractivity contribution >= 4 is 11.3 Å². The van der Waals surface area contributed by atoms with Crippen LogP contribution < -0.4 is 10.5 Å². The zero-order valence-electron chi connectivity index (χ0n) is 5.99. The molecule has 0 amide bonds. The summed E-state index contributed by atoms with van der Waals surface area (Å²) in [6, 6.07) is 0. The fraction of sp³-hybridized carbons (Fsp3) is 0.500. The van der Waals surface area contributed by atoms with Crippen LogP contribution in [0.1, 0.15) is 5.01 Å². The molecule has 0 spiro atoms. The van der Waals surface area contributed by atoms with E-state index in [0.29, 0.717) is 18.2 Å². The number of rotatable bonds is 4. The molecule has 1 aromatic rings. The Hall–Kier alpha value is -0.650. The Morgan fingerprint density at radius 2 is 2.55 bits per heavy atom. The minimum absolute atomic E-state index is 0.0237. The number of hydrogen-bond acceptors (Lipinski definition) is 5. The van der Waals surface area contributed by atoms with Crippen LogP contribution in [0.2, 0.25) is 0 Å². The van der Waals surface area contributed by atoms with Gasteiger partial charge in [0.2, 0.25) is 0 Å². The lowest BCUT2D eigenvalue weighted by molar-refractivity contribution is 0.204. The summed E-state index contributed by atoms with van der Waals surface area (Å²) >= 11 is 1.40. The number of aliphatic hydroxyl groups is 1. The molecule has 0 radical (unpaired) electrons. The Balaban J connectivity index is 2.44. The van der Waals surface area contributed by atoms with Gasteiger partial charge in [0.05, 0.1) is 12.8 Å². The third kappa shape index (κ3) is 2.45. The summed E-state index contributed by atoms with van der Waals surface area (Å²) < 4.78 is 5.09. The number of aromatic nitrogens is 1. The highest BCUT2D eigenvalue weighted by atomic mass is 32.1. The third-order valence-electron chi connectivity index (χ3n) is 1.04. The number of ether oxygens (including phenoxy) is 1. The quantitative estimate of drug-likeness (QED) is 0.672. The number of thiazole rings is 1. The third-order valence-corrected chi connectivity index (χ3v) is 1.97. The maximum Gasteiger partial charge on any atom is 0.194 e. The maximum atomic E-state index is 8.43. The number of nitrogens with zero attached hydrogens (tertiary/aromatic N) is 1. The van der Waals surface area contributed by atoms with E-state index in [-0.39, 0.29) is 6.61 Å². The molecule has 0 bridgehead atoms. The smallest absolute Gasteiger partial charge is 0.194 e. The molecule has 0 saturated heterocycles. The highest BCUT2D eigenvalue weighted by molar-refractivity contribution is 7.13. The van der Waals surface area contributed by atoms with Crippen LogP contribution in [0.4, 0.5) is 0 Å². The highest BCUT2D eigenvalue weighted by Gasteiger charge is 1.99. The second kappa shape index (κ2) is 4.27. The van der Waals surface area contributed by atoms with Crippen molar-refractivity contribution in [3.05, 3.63) is 11.2 Å². The molecule has 11 heavy (non-hydrogen) atoms. The Morgan fingerprint density at radius 3 is 3.09 bits per heavy atom. The zero-order valence-corrected chi connectivity index (χ0v) is 6.80. The van der Waals surface area contributed by atoms with E-state index in [0.717, 1.165) is 5.01 Å². The topological polar surface area (TPSA) is 68.4 Å². The molecule has 62 valence electrons. The largest absolute Gasteiger partial charge is 0.480 e. The lowest BCUT2D eigenvalue weighted by Gasteiger charge is -1.96. The van der Waals surface area contributed by atoms with Gasteiger partial charge in [0.1, 0.15) is 11.6 Å².